The van der Waals surface area contributed by atoms with Gasteiger partial charge in [0.15, 0.2) is 5.69 Å². The van der Waals surface area contributed by atoms with Crippen LogP contribution >= 0.6 is 11.6 Å². The van der Waals surface area contributed by atoms with Crippen LogP contribution in [0.3, 0.4) is 0 Å². The average molecular weight is 541 g/mol. The van der Waals surface area contributed by atoms with E-state index in [1.807, 2.05) is 0 Å². The first kappa shape index (κ1) is 24.5. The van der Waals surface area contributed by atoms with Gasteiger partial charge in [0.25, 0.3) is 5.91 Å². The highest BCUT2D eigenvalue weighted by atomic mass is 35.5. The Bertz CT molecular complexity index is 1690. The summed E-state index contributed by atoms with van der Waals surface area (Å²) in [5.41, 5.74) is 7.31. The molecular weight excluding hydrogens is 520 g/mol. The lowest BCUT2D eigenvalue weighted by Gasteiger charge is -2.26. The number of piperidine rings is 1. The maximum atomic E-state index is 13.5. The van der Waals surface area contributed by atoms with Crippen LogP contribution in [0.15, 0.2) is 54.7 Å². The molecule has 3 aromatic heterocycles. The van der Waals surface area contributed by atoms with Crippen molar-refractivity contribution >= 4 is 46.0 Å². The van der Waals surface area contributed by atoms with Crippen molar-refractivity contribution in [2.24, 2.45) is 11.7 Å². The Morgan fingerprint density at radius 2 is 1.97 bits per heavy atom. The molecule has 0 radical (unpaired) electrons. The van der Waals surface area contributed by atoms with Gasteiger partial charge in [-0.25, -0.2) is 4.98 Å². The molecule has 194 valence electrons. The van der Waals surface area contributed by atoms with Crippen molar-refractivity contribution in [2.45, 2.75) is 31.5 Å². The maximum Gasteiger partial charge on any atom is 0.269 e. The molecule has 1 saturated carbocycles. The highest BCUT2D eigenvalue weighted by molar-refractivity contribution is 6.29. The lowest BCUT2D eigenvalue weighted by Crippen LogP contribution is -2.46. The number of benzene rings is 1. The normalized spacial score (nSPS) is 19.2. The molecule has 1 aliphatic heterocycles. The average Bonchev–Trinajstić information content (AvgIpc) is 3.43. The van der Waals surface area contributed by atoms with E-state index in [-0.39, 0.29) is 41.2 Å². The minimum Gasteiger partial charge on any atom is -0.364 e. The molecule has 0 bridgehead atoms. The number of pyridine rings is 1. The van der Waals surface area contributed by atoms with E-state index in [9.17, 15) is 14.4 Å². The molecule has 1 unspecified atom stereocenters. The first-order valence-corrected chi connectivity index (χ1v) is 12.6. The number of nitrogens with one attached hydrogen (secondary N) is 1. The Kier molecular flexibility index (Phi) is 6.17. The lowest BCUT2D eigenvalue weighted by atomic mass is 10.1. The number of carbonyl (C=O) groups excluding carboxylic acids is 3. The van der Waals surface area contributed by atoms with Gasteiger partial charge in [-0.1, -0.05) is 23.6 Å². The number of hydrogen-bond acceptors (Lipinski definition) is 7. The van der Waals surface area contributed by atoms with Crippen LogP contribution in [-0.2, 0) is 16.1 Å². The van der Waals surface area contributed by atoms with Gasteiger partial charge in [0.05, 0.1) is 5.52 Å². The molecule has 1 saturated heterocycles. The molecule has 1 aliphatic carbocycles. The van der Waals surface area contributed by atoms with Crippen molar-refractivity contribution in [3.8, 4) is 11.8 Å². The highest BCUT2D eigenvalue weighted by Crippen LogP contribution is 2.48. The first-order chi connectivity index (χ1) is 18.9. The Morgan fingerprint density at radius 1 is 1.10 bits per heavy atom. The van der Waals surface area contributed by atoms with Crippen molar-refractivity contribution < 1.29 is 14.4 Å². The molecule has 0 spiro atoms. The molecule has 3 N–H and O–H groups in total. The minimum absolute atomic E-state index is 0.000899. The van der Waals surface area contributed by atoms with E-state index in [4.69, 9.17) is 17.3 Å². The third-order valence-electron chi connectivity index (χ3n) is 6.84. The summed E-state index contributed by atoms with van der Waals surface area (Å²) >= 11 is 5.93. The summed E-state index contributed by atoms with van der Waals surface area (Å²) < 4.78 is 1.45. The zero-order chi connectivity index (χ0) is 27.1. The Morgan fingerprint density at radius 3 is 2.74 bits per heavy atom. The smallest absolute Gasteiger partial charge is 0.269 e. The second-order valence-electron chi connectivity index (χ2n) is 9.41. The summed E-state index contributed by atoms with van der Waals surface area (Å²) in [6.45, 7) is -0.156. The zero-order valence-electron chi connectivity index (χ0n) is 20.4. The van der Waals surface area contributed by atoms with E-state index >= 15 is 0 Å². The quantitative estimate of drug-likeness (QED) is 0.290. The van der Waals surface area contributed by atoms with Gasteiger partial charge in [0.2, 0.25) is 11.8 Å². The van der Waals surface area contributed by atoms with Crippen LogP contribution in [0.25, 0.3) is 10.9 Å². The largest absolute Gasteiger partial charge is 0.364 e. The molecule has 6 rings (SSSR count). The molecule has 12 heteroatoms. The van der Waals surface area contributed by atoms with E-state index in [1.54, 1.807) is 59.6 Å². The standard InChI is InChI=1S/C27H21ClN8O3/c28-22-4-1-5-23(31-22)32-27(39)21-13-16-12-20(16)36(21)24(37)14-35-19-9-7-15(6-8-17-3-2-10-30-33-17)11-18(19)25(34-35)26(29)38/h1-5,7,9-11,16,20-21H,12-14H2,(H2,29,38)(H,31,32,39)/t16-,20?,21+/m1/s1. The predicted molar refractivity (Wildman–Crippen MR) is 141 cm³/mol. The van der Waals surface area contributed by atoms with Crippen LogP contribution in [0.5, 0.6) is 0 Å². The topological polar surface area (TPSA) is 149 Å². The number of primary amides is 1. The summed E-state index contributed by atoms with van der Waals surface area (Å²) in [6, 6.07) is 13.0. The van der Waals surface area contributed by atoms with Gasteiger partial charge in [-0.3, -0.25) is 19.1 Å². The van der Waals surface area contributed by atoms with Crippen LogP contribution in [0.1, 0.15) is 34.6 Å². The summed E-state index contributed by atoms with van der Waals surface area (Å²) in [4.78, 5) is 44.5. The first-order valence-electron chi connectivity index (χ1n) is 12.2. The van der Waals surface area contributed by atoms with E-state index < -0.39 is 11.9 Å². The van der Waals surface area contributed by atoms with Crippen LogP contribution < -0.4 is 11.1 Å². The van der Waals surface area contributed by atoms with E-state index in [1.165, 1.54) is 4.68 Å². The van der Waals surface area contributed by atoms with Crippen molar-refractivity contribution in [1.29, 1.82) is 0 Å². The van der Waals surface area contributed by atoms with Gasteiger partial charge in [-0.2, -0.15) is 10.2 Å². The van der Waals surface area contributed by atoms with Crippen LogP contribution in [0.2, 0.25) is 5.15 Å². The molecule has 3 amide bonds. The zero-order valence-corrected chi connectivity index (χ0v) is 21.2. The van der Waals surface area contributed by atoms with Gasteiger partial charge in [-0.15, -0.1) is 5.10 Å². The molecule has 2 fully saturated rings. The minimum atomic E-state index is -0.722. The third kappa shape index (κ3) is 4.89. The number of rotatable bonds is 5. The number of amides is 3. The second kappa shape index (κ2) is 9.81. The number of aromatic nitrogens is 5. The van der Waals surface area contributed by atoms with Crippen molar-refractivity contribution in [2.75, 3.05) is 5.32 Å². The second-order valence-corrected chi connectivity index (χ2v) is 9.80. The van der Waals surface area contributed by atoms with E-state index in [2.05, 4.69) is 37.4 Å². The molecule has 39 heavy (non-hydrogen) atoms. The fourth-order valence-electron chi connectivity index (χ4n) is 5.01. The van der Waals surface area contributed by atoms with E-state index in [0.29, 0.717) is 34.4 Å². The number of likely N-dealkylation sites (tertiary alicyclic amines) is 1. The maximum absolute atomic E-state index is 13.5. The number of hydrogen-bond donors (Lipinski definition) is 2. The molecule has 1 aromatic carbocycles. The summed E-state index contributed by atoms with van der Waals surface area (Å²) in [5, 5.41) is 15.6. The van der Waals surface area contributed by atoms with Crippen molar-refractivity contribution in [3.63, 3.8) is 0 Å². The van der Waals surface area contributed by atoms with Crippen LogP contribution in [-0.4, -0.2) is 59.7 Å². The Balaban J connectivity index is 1.25. The Hall–Kier alpha value is -4.82. The van der Waals surface area contributed by atoms with Gasteiger partial charge >= 0.3 is 0 Å². The fourth-order valence-corrected chi connectivity index (χ4v) is 5.17. The van der Waals surface area contributed by atoms with Gasteiger partial charge < -0.3 is 16.0 Å². The van der Waals surface area contributed by atoms with Gasteiger partial charge in [0, 0.05) is 23.2 Å². The van der Waals surface area contributed by atoms with Crippen LogP contribution in [0.4, 0.5) is 5.82 Å². The van der Waals surface area contributed by atoms with E-state index in [0.717, 1.165) is 6.42 Å². The summed E-state index contributed by atoms with van der Waals surface area (Å²) in [6.07, 6.45) is 2.98. The van der Waals surface area contributed by atoms with Crippen molar-refractivity contribution in [1.82, 2.24) is 29.9 Å². The van der Waals surface area contributed by atoms with Crippen molar-refractivity contribution in [3.05, 3.63) is 76.8 Å². The number of halogens is 1. The summed E-state index contributed by atoms with van der Waals surface area (Å²) in [5.74, 6) is 5.20. The molecule has 3 atom stereocenters. The Labute approximate surface area is 227 Å². The number of nitrogens with two attached hydrogens (primary N) is 1. The number of anilines is 1. The van der Waals surface area contributed by atoms with Crippen LogP contribution in [0, 0.1) is 17.8 Å². The predicted octanol–water partition coefficient (Wildman–Crippen LogP) is 2.00. The van der Waals surface area contributed by atoms with Gasteiger partial charge in [-0.05, 0) is 67.1 Å². The highest BCUT2D eigenvalue weighted by Gasteiger charge is 2.56. The van der Waals surface area contributed by atoms with Gasteiger partial charge in [0.1, 0.15) is 29.3 Å². The fraction of sp³-hybridized carbons (Fsp3) is 0.222. The molecule has 11 nitrogen and oxygen atoms in total. The summed E-state index contributed by atoms with van der Waals surface area (Å²) in [7, 11) is 0. The monoisotopic (exact) mass is 540 g/mol. The molecular formula is C27H21ClN8O3. The molecule has 2 aliphatic rings. The SMILES string of the molecule is NC(=O)c1nn(CC(=O)N2C3C[C@@H]3C[C@H]2C(=O)Nc2cccc(Cl)n2)c2ccc(C#Cc3cccnn3)cc12. The molecule has 4 heterocycles. The number of carbonyl (C=O) groups is 3. The number of fused-ring (bicyclic) bond motifs is 2. The molecule has 4 aromatic rings. The lowest BCUT2D eigenvalue weighted by molar-refractivity contribution is -0.138. The third-order valence-corrected chi connectivity index (χ3v) is 7.05. The number of nitrogens with zero attached hydrogens (tertiary/aromatic N) is 6.